The molecule has 1 atom stereocenters. The SMILES string of the molecule is CN1CCN(C(=O)c2ccc(F)cc2)CC1c1ccc(F)cc1. The zero-order chi connectivity index (χ0) is 16.4. The van der Waals surface area contributed by atoms with Gasteiger partial charge in [-0.1, -0.05) is 12.1 Å². The molecule has 5 heteroatoms. The second kappa shape index (κ2) is 6.46. The van der Waals surface area contributed by atoms with Crippen molar-refractivity contribution in [1.29, 1.82) is 0 Å². The first-order valence-corrected chi connectivity index (χ1v) is 7.55. The van der Waals surface area contributed by atoms with Gasteiger partial charge in [-0.25, -0.2) is 8.78 Å². The van der Waals surface area contributed by atoms with Gasteiger partial charge >= 0.3 is 0 Å². The van der Waals surface area contributed by atoms with Gasteiger partial charge in [-0.05, 0) is 49.0 Å². The zero-order valence-corrected chi connectivity index (χ0v) is 12.9. The molecule has 2 aromatic carbocycles. The molecule has 0 spiro atoms. The Labute approximate surface area is 134 Å². The first-order chi connectivity index (χ1) is 11.0. The lowest BCUT2D eigenvalue weighted by Crippen LogP contribution is -2.49. The van der Waals surface area contributed by atoms with E-state index in [1.807, 2.05) is 7.05 Å². The summed E-state index contributed by atoms with van der Waals surface area (Å²) >= 11 is 0. The first-order valence-electron chi connectivity index (χ1n) is 7.55. The van der Waals surface area contributed by atoms with Crippen LogP contribution in [0.4, 0.5) is 8.78 Å². The third kappa shape index (κ3) is 3.40. The summed E-state index contributed by atoms with van der Waals surface area (Å²) in [6, 6.07) is 12.0. The third-order valence-electron chi connectivity index (χ3n) is 4.28. The Hall–Kier alpha value is -2.27. The van der Waals surface area contributed by atoms with Gasteiger partial charge in [-0.2, -0.15) is 0 Å². The van der Waals surface area contributed by atoms with Crippen LogP contribution < -0.4 is 0 Å². The van der Waals surface area contributed by atoms with Crippen LogP contribution >= 0.6 is 0 Å². The molecule has 1 heterocycles. The molecule has 2 aromatic rings. The fourth-order valence-corrected chi connectivity index (χ4v) is 2.88. The molecule has 0 aromatic heterocycles. The highest BCUT2D eigenvalue weighted by atomic mass is 19.1. The van der Waals surface area contributed by atoms with Gasteiger partial charge in [0.05, 0.1) is 6.04 Å². The molecule has 23 heavy (non-hydrogen) atoms. The third-order valence-corrected chi connectivity index (χ3v) is 4.28. The lowest BCUT2D eigenvalue weighted by molar-refractivity contribution is 0.0546. The van der Waals surface area contributed by atoms with Gasteiger partial charge in [0.25, 0.3) is 5.91 Å². The Morgan fingerprint density at radius 3 is 2.13 bits per heavy atom. The summed E-state index contributed by atoms with van der Waals surface area (Å²) in [5, 5.41) is 0. The van der Waals surface area contributed by atoms with E-state index in [2.05, 4.69) is 4.90 Å². The summed E-state index contributed by atoms with van der Waals surface area (Å²) < 4.78 is 26.1. The van der Waals surface area contributed by atoms with Crippen LogP contribution in [0.25, 0.3) is 0 Å². The van der Waals surface area contributed by atoms with Gasteiger partial charge in [0.2, 0.25) is 0 Å². The number of hydrogen-bond acceptors (Lipinski definition) is 2. The topological polar surface area (TPSA) is 23.6 Å². The highest BCUT2D eigenvalue weighted by Crippen LogP contribution is 2.25. The molecule has 1 amide bonds. The molecule has 1 aliphatic rings. The molecule has 3 nitrogen and oxygen atoms in total. The molecule has 120 valence electrons. The number of halogens is 2. The summed E-state index contributed by atoms with van der Waals surface area (Å²) in [6.45, 7) is 1.87. The minimum atomic E-state index is -0.357. The average molecular weight is 316 g/mol. The number of likely N-dealkylation sites (N-methyl/N-ethyl adjacent to an activating group) is 1. The largest absolute Gasteiger partial charge is 0.335 e. The fourth-order valence-electron chi connectivity index (χ4n) is 2.88. The fraction of sp³-hybridized carbons (Fsp3) is 0.278. The molecule has 1 saturated heterocycles. The van der Waals surface area contributed by atoms with E-state index in [9.17, 15) is 13.6 Å². The van der Waals surface area contributed by atoms with Crippen LogP contribution in [0.3, 0.4) is 0 Å². The van der Waals surface area contributed by atoms with Crippen LogP contribution in [0.5, 0.6) is 0 Å². The second-order valence-corrected chi connectivity index (χ2v) is 5.81. The molecular weight excluding hydrogens is 298 g/mol. The number of nitrogens with zero attached hydrogens (tertiary/aromatic N) is 2. The number of rotatable bonds is 2. The summed E-state index contributed by atoms with van der Waals surface area (Å²) in [4.78, 5) is 16.5. The summed E-state index contributed by atoms with van der Waals surface area (Å²) in [6.07, 6.45) is 0. The maximum atomic E-state index is 13.1. The van der Waals surface area contributed by atoms with E-state index in [-0.39, 0.29) is 23.6 Å². The lowest BCUT2D eigenvalue weighted by atomic mass is 10.0. The van der Waals surface area contributed by atoms with E-state index in [0.717, 1.165) is 12.1 Å². The van der Waals surface area contributed by atoms with Crippen LogP contribution in [0, 0.1) is 11.6 Å². The van der Waals surface area contributed by atoms with Crippen molar-refractivity contribution in [3.8, 4) is 0 Å². The average Bonchev–Trinajstić information content (AvgIpc) is 2.56. The van der Waals surface area contributed by atoms with Crippen molar-refractivity contribution in [3.63, 3.8) is 0 Å². The number of hydrogen-bond donors (Lipinski definition) is 0. The van der Waals surface area contributed by atoms with Gasteiger partial charge in [-0.3, -0.25) is 9.69 Å². The van der Waals surface area contributed by atoms with Gasteiger partial charge in [0.15, 0.2) is 0 Å². The molecule has 0 bridgehead atoms. The highest BCUT2D eigenvalue weighted by molar-refractivity contribution is 5.94. The van der Waals surface area contributed by atoms with E-state index in [0.29, 0.717) is 18.7 Å². The van der Waals surface area contributed by atoms with Crippen molar-refractivity contribution in [2.24, 2.45) is 0 Å². The van der Waals surface area contributed by atoms with E-state index >= 15 is 0 Å². The quantitative estimate of drug-likeness (QED) is 0.850. The number of piperazine rings is 1. The minimum absolute atomic E-state index is 0.0220. The van der Waals surface area contributed by atoms with Crippen molar-refractivity contribution >= 4 is 5.91 Å². The summed E-state index contributed by atoms with van der Waals surface area (Å²) in [5.41, 5.74) is 1.46. The molecular formula is C18H18F2N2O. The molecule has 1 fully saturated rings. The standard InChI is InChI=1S/C18H18F2N2O/c1-21-10-11-22(18(23)14-4-8-16(20)9-5-14)12-17(21)13-2-6-15(19)7-3-13/h2-9,17H,10-12H2,1H3. The smallest absolute Gasteiger partial charge is 0.253 e. The van der Waals surface area contributed by atoms with Crippen molar-refractivity contribution in [3.05, 3.63) is 71.3 Å². The highest BCUT2D eigenvalue weighted by Gasteiger charge is 2.28. The normalized spacial score (nSPS) is 18.9. The van der Waals surface area contributed by atoms with Gasteiger partial charge < -0.3 is 4.90 Å². The number of benzene rings is 2. The Kier molecular flexibility index (Phi) is 4.39. The maximum Gasteiger partial charge on any atom is 0.253 e. The number of amides is 1. The van der Waals surface area contributed by atoms with Crippen LogP contribution in [0.15, 0.2) is 48.5 Å². The van der Waals surface area contributed by atoms with Crippen molar-refractivity contribution in [2.45, 2.75) is 6.04 Å². The first kappa shape index (κ1) is 15.6. The zero-order valence-electron chi connectivity index (χ0n) is 12.9. The minimum Gasteiger partial charge on any atom is -0.335 e. The van der Waals surface area contributed by atoms with Crippen LogP contribution in [0.2, 0.25) is 0 Å². The van der Waals surface area contributed by atoms with E-state index in [1.54, 1.807) is 17.0 Å². The molecule has 0 radical (unpaired) electrons. The van der Waals surface area contributed by atoms with Gasteiger partial charge in [-0.15, -0.1) is 0 Å². The van der Waals surface area contributed by atoms with Gasteiger partial charge in [0.1, 0.15) is 11.6 Å². The van der Waals surface area contributed by atoms with Crippen LogP contribution in [0.1, 0.15) is 22.0 Å². The Bertz CT molecular complexity index is 685. The maximum absolute atomic E-state index is 13.1. The summed E-state index contributed by atoms with van der Waals surface area (Å²) in [5.74, 6) is -0.735. The van der Waals surface area contributed by atoms with E-state index < -0.39 is 0 Å². The van der Waals surface area contributed by atoms with E-state index in [1.165, 1.54) is 36.4 Å². The second-order valence-electron chi connectivity index (χ2n) is 5.81. The number of carbonyl (C=O) groups is 1. The predicted molar refractivity (Wildman–Crippen MR) is 84.1 cm³/mol. The molecule has 1 unspecified atom stereocenters. The molecule has 1 aliphatic heterocycles. The number of carbonyl (C=O) groups excluding carboxylic acids is 1. The van der Waals surface area contributed by atoms with Gasteiger partial charge in [0, 0.05) is 25.2 Å². The van der Waals surface area contributed by atoms with Crippen LogP contribution in [-0.4, -0.2) is 42.4 Å². The Morgan fingerprint density at radius 2 is 1.52 bits per heavy atom. The Morgan fingerprint density at radius 1 is 0.957 bits per heavy atom. The van der Waals surface area contributed by atoms with Crippen LogP contribution in [-0.2, 0) is 0 Å². The monoisotopic (exact) mass is 316 g/mol. The lowest BCUT2D eigenvalue weighted by Gasteiger charge is -2.39. The van der Waals surface area contributed by atoms with Crippen molar-refractivity contribution in [1.82, 2.24) is 9.80 Å². The molecule has 0 N–H and O–H groups in total. The van der Waals surface area contributed by atoms with Crippen molar-refractivity contribution < 1.29 is 13.6 Å². The molecule has 0 saturated carbocycles. The molecule has 3 rings (SSSR count). The summed E-state index contributed by atoms with van der Waals surface area (Å²) in [7, 11) is 1.99. The van der Waals surface area contributed by atoms with E-state index in [4.69, 9.17) is 0 Å². The van der Waals surface area contributed by atoms with Crippen molar-refractivity contribution in [2.75, 3.05) is 26.7 Å². The predicted octanol–water partition coefficient (Wildman–Crippen LogP) is 3.09. The Balaban J connectivity index is 1.78. The molecule has 0 aliphatic carbocycles.